The summed E-state index contributed by atoms with van der Waals surface area (Å²) in [6, 6.07) is 0. The molecule has 0 saturated heterocycles. The van der Waals surface area contributed by atoms with Gasteiger partial charge in [-0.15, -0.1) is 0 Å². The lowest BCUT2D eigenvalue weighted by molar-refractivity contribution is -0.111. The van der Waals surface area contributed by atoms with E-state index in [2.05, 4.69) is 11.7 Å². The van der Waals surface area contributed by atoms with Crippen LogP contribution < -0.4 is 0 Å². The molecule has 0 saturated carbocycles. The van der Waals surface area contributed by atoms with Gasteiger partial charge in [0.05, 0.1) is 0 Å². The molecule has 56 valence electrons. The summed E-state index contributed by atoms with van der Waals surface area (Å²) in [5, 5.41) is 11.1. The van der Waals surface area contributed by atoms with Gasteiger partial charge in [-0.1, -0.05) is 17.3 Å². The van der Waals surface area contributed by atoms with Crippen LogP contribution in [0, 0.1) is 0 Å². The van der Waals surface area contributed by atoms with Crippen molar-refractivity contribution in [3.8, 4) is 0 Å². The Morgan fingerprint density at radius 3 is 2.20 bits per heavy atom. The Balaban J connectivity index is 4.12. The lowest BCUT2D eigenvalue weighted by Gasteiger charge is -1.96. The van der Waals surface area contributed by atoms with Crippen molar-refractivity contribution in [2.24, 2.45) is 5.16 Å². The molecular weight excluding hydrogens is 130 g/mol. The SMILES string of the molecule is C=C(C)C/C(=N\O)C(C)=O. The van der Waals surface area contributed by atoms with Gasteiger partial charge in [0, 0.05) is 13.3 Å². The van der Waals surface area contributed by atoms with Crippen molar-refractivity contribution in [3.05, 3.63) is 12.2 Å². The molecule has 3 heteroatoms. The summed E-state index contributed by atoms with van der Waals surface area (Å²) >= 11 is 0. The molecule has 0 aliphatic heterocycles. The van der Waals surface area contributed by atoms with E-state index < -0.39 is 0 Å². The molecule has 0 bridgehead atoms. The molecule has 0 spiro atoms. The molecule has 0 amide bonds. The fourth-order valence-corrected chi connectivity index (χ4v) is 0.516. The number of oxime groups is 1. The second-order valence-electron chi connectivity index (χ2n) is 2.24. The van der Waals surface area contributed by atoms with Gasteiger partial charge in [0.2, 0.25) is 0 Å². The zero-order valence-corrected chi connectivity index (χ0v) is 6.22. The van der Waals surface area contributed by atoms with Crippen LogP contribution in [0.15, 0.2) is 17.3 Å². The Morgan fingerprint density at radius 2 is 2.10 bits per heavy atom. The predicted octanol–water partition coefficient (Wildman–Crippen LogP) is 1.37. The summed E-state index contributed by atoms with van der Waals surface area (Å²) in [7, 11) is 0. The second kappa shape index (κ2) is 3.82. The number of ketones is 1. The van der Waals surface area contributed by atoms with Crippen LogP contribution in [-0.4, -0.2) is 16.7 Å². The van der Waals surface area contributed by atoms with Crippen LogP contribution in [-0.2, 0) is 4.79 Å². The molecule has 0 aromatic carbocycles. The first-order valence-corrected chi connectivity index (χ1v) is 2.94. The predicted molar refractivity (Wildman–Crippen MR) is 39.3 cm³/mol. The van der Waals surface area contributed by atoms with E-state index in [0.29, 0.717) is 6.42 Å². The first kappa shape index (κ1) is 8.88. The molecule has 0 aliphatic carbocycles. The first-order chi connectivity index (χ1) is 4.57. The van der Waals surface area contributed by atoms with E-state index in [-0.39, 0.29) is 11.5 Å². The van der Waals surface area contributed by atoms with E-state index in [9.17, 15) is 4.79 Å². The van der Waals surface area contributed by atoms with Crippen LogP contribution in [0.3, 0.4) is 0 Å². The van der Waals surface area contributed by atoms with Crippen molar-refractivity contribution >= 4 is 11.5 Å². The molecule has 0 rings (SSSR count). The summed E-state index contributed by atoms with van der Waals surface area (Å²) in [6.45, 7) is 6.71. The molecule has 0 aliphatic rings. The van der Waals surface area contributed by atoms with Gasteiger partial charge in [0.1, 0.15) is 5.71 Å². The molecule has 10 heavy (non-hydrogen) atoms. The minimum atomic E-state index is -0.217. The quantitative estimate of drug-likeness (QED) is 0.279. The maximum atomic E-state index is 10.6. The number of rotatable bonds is 3. The highest BCUT2D eigenvalue weighted by molar-refractivity contribution is 6.39. The number of hydrogen-bond donors (Lipinski definition) is 1. The second-order valence-corrected chi connectivity index (χ2v) is 2.24. The highest BCUT2D eigenvalue weighted by atomic mass is 16.4. The lowest BCUT2D eigenvalue weighted by atomic mass is 10.1. The van der Waals surface area contributed by atoms with Gasteiger partial charge in [-0.25, -0.2) is 0 Å². The zero-order valence-electron chi connectivity index (χ0n) is 6.22. The van der Waals surface area contributed by atoms with Crippen LogP contribution in [0.1, 0.15) is 20.3 Å². The zero-order chi connectivity index (χ0) is 8.15. The van der Waals surface area contributed by atoms with Crippen molar-refractivity contribution in [3.63, 3.8) is 0 Å². The number of hydrogen-bond acceptors (Lipinski definition) is 3. The molecule has 0 aromatic rings. The number of carbonyl (C=O) groups excluding carboxylic acids is 1. The molecule has 0 atom stereocenters. The van der Waals surface area contributed by atoms with Crippen molar-refractivity contribution in [1.29, 1.82) is 0 Å². The maximum absolute atomic E-state index is 10.6. The average molecular weight is 141 g/mol. The summed E-state index contributed by atoms with van der Waals surface area (Å²) in [5.74, 6) is -0.217. The Labute approximate surface area is 60.0 Å². The van der Waals surface area contributed by atoms with Crippen LogP contribution in [0.5, 0.6) is 0 Å². The summed E-state index contributed by atoms with van der Waals surface area (Å²) in [6.07, 6.45) is 0.353. The third-order valence-electron chi connectivity index (χ3n) is 0.996. The van der Waals surface area contributed by atoms with E-state index in [0.717, 1.165) is 5.57 Å². The Morgan fingerprint density at radius 1 is 1.60 bits per heavy atom. The van der Waals surface area contributed by atoms with Gasteiger partial charge in [0.25, 0.3) is 0 Å². The van der Waals surface area contributed by atoms with Crippen LogP contribution in [0.2, 0.25) is 0 Å². The van der Waals surface area contributed by atoms with Gasteiger partial charge >= 0.3 is 0 Å². The van der Waals surface area contributed by atoms with Crippen molar-refractivity contribution in [2.45, 2.75) is 20.3 Å². The van der Waals surface area contributed by atoms with Crippen LogP contribution >= 0.6 is 0 Å². The smallest absolute Gasteiger partial charge is 0.177 e. The number of Topliss-reactive ketones (excluding diaryl/α,β-unsaturated/α-hetero) is 1. The molecule has 0 unspecified atom stereocenters. The van der Waals surface area contributed by atoms with E-state index in [4.69, 9.17) is 5.21 Å². The van der Waals surface area contributed by atoms with Gasteiger partial charge < -0.3 is 5.21 Å². The highest BCUT2D eigenvalue weighted by Gasteiger charge is 2.05. The van der Waals surface area contributed by atoms with E-state index in [1.165, 1.54) is 6.92 Å². The summed E-state index contributed by atoms with van der Waals surface area (Å²) in [5.41, 5.74) is 0.968. The van der Waals surface area contributed by atoms with E-state index >= 15 is 0 Å². The Hall–Kier alpha value is -1.12. The maximum Gasteiger partial charge on any atom is 0.177 e. The van der Waals surface area contributed by atoms with Gasteiger partial charge in [-0.2, -0.15) is 0 Å². The van der Waals surface area contributed by atoms with Crippen LogP contribution in [0.25, 0.3) is 0 Å². The third kappa shape index (κ3) is 3.02. The van der Waals surface area contributed by atoms with Crippen molar-refractivity contribution in [1.82, 2.24) is 0 Å². The molecule has 3 nitrogen and oxygen atoms in total. The number of nitrogens with zero attached hydrogens (tertiary/aromatic N) is 1. The standard InChI is InChI=1S/C7H11NO2/c1-5(2)4-7(8-10)6(3)9/h10H,1,4H2,2-3H3/b8-7+. The van der Waals surface area contributed by atoms with E-state index in [1.807, 2.05) is 0 Å². The minimum absolute atomic E-state index is 0.160. The van der Waals surface area contributed by atoms with Gasteiger partial charge in [-0.05, 0) is 6.92 Å². The van der Waals surface area contributed by atoms with Gasteiger partial charge in [-0.3, -0.25) is 4.79 Å². The average Bonchev–Trinajstić information content (AvgIpc) is 1.81. The summed E-state index contributed by atoms with van der Waals surface area (Å²) in [4.78, 5) is 10.6. The fraction of sp³-hybridized carbons (Fsp3) is 0.429. The number of allylic oxidation sites excluding steroid dienone is 1. The normalized spacial score (nSPS) is 11.2. The monoisotopic (exact) mass is 141 g/mol. The largest absolute Gasteiger partial charge is 0.411 e. The molecule has 0 heterocycles. The van der Waals surface area contributed by atoms with Crippen LogP contribution in [0.4, 0.5) is 0 Å². The topological polar surface area (TPSA) is 49.7 Å². The molecular formula is C7H11NO2. The molecule has 1 N–H and O–H groups in total. The minimum Gasteiger partial charge on any atom is -0.411 e. The third-order valence-corrected chi connectivity index (χ3v) is 0.996. The molecule has 0 radical (unpaired) electrons. The Bertz CT molecular complexity index is 182. The Kier molecular flexibility index (Phi) is 3.39. The van der Waals surface area contributed by atoms with Crippen molar-refractivity contribution in [2.75, 3.05) is 0 Å². The summed E-state index contributed by atoms with van der Waals surface area (Å²) < 4.78 is 0. The van der Waals surface area contributed by atoms with Gasteiger partial charge in [0.15, 0.2) is 5.78 Å². The molecule has 0 fully saturated rings. The first-order valence-electron chi connectivity index (χ1n) is 2.94. The molecule has 0 aromatic heterocycles. The number of carbonyl (C=O) groups is 1. The highest BCUT2D eigenvalue weighted by Crippen LogP contribution is 1.98. The van der Waals surface area contributed by atoms with E-state index in [1.54, 1.807) is 6.92 Å². The van der Waals surface area contributed by atoms with Crippen molar-refractivity contribution < 1.29 is 10.0 Å². The lowest BCUT2D eigenvalue weighted by Crippen LogP contribution is -2.09. The fourth-order valence-electron chi connectivity index (χ4n) is 0.516.